The average molecular weight is 397 g/mol. The summed E-state index contributed by atoms with van der Waals surface area (Å²) in [4.78, 5) is 12.4. The number of aromatic nitrogens is 1. The van der Waals surface area contributed by atoms with Gasteiger partial charge in [-0.05, 0) is 55.3 Å². The van der Waals surface area contributed by atoms with Gasteiger partial charge in [-0.1, -0.05) is 24.3 Å². The van der Waals surface area contributed by atoms with Gasteiger partial charge in [0.05, 0.1) is 23.6 Å². The first kappa shape index (κ1) is 19.9. The largest absolute Gasteiger partial charge is 0.466 e. The van der Waals surface area contributed by atoms with E-state index in [0.29, 0.717) is 6.61 Å². The van der Waals surface area contributed by atoms with Gasteiger partial charge in [-0.3, -0.25) is 4.79 Å². The molecule has 3 aromatic rings. The third-order valence-electron chi connectivity index (χ3n) is 4.54. The van der Waals surface area contributed by atoms with Gasteiger partial charge >= 0.3 is 5.97 Å². The molecule has 1 heterocycles. The fourth-order valence-electron chi connectivity index (χ4n) is 3.18. The minimum absolute atomic E-state index is 0.117. The normalized spacial score (nSPS) is 11.4. The van der Waals surface area contributed by atoms with Crippen LogP contribution in [0.15, 0.2) is 65.7 Å². The van der Waals surface area contributed by atoms with Crippen LogP contribution in [0.2, 0.25) is 0 Å². The number of hydrogen-bond acceptors (Lipinski definition) is 4. The summed E-state index contributed by atoms with van der Waals surface area (Å²) >= 11 is 0. The maximum Gasteiger partial charge on any atom is 0.310 e. The van der Waals surface area contributed by atoms with Crippen molar-refractivity contribution < 1.29 is 17.9 Å². The highest BCUT2D eigenvalue weighted by Gasteiger charge is 2.19. The Morgan fingerprint density at radius 1 is 1.07 bits per heavy atom. The molecule has 0 aliphatic carbocycles. The highest BCUT2D eigenvalue weighted by Crippen LogP contribution is 2.33. The Labute approximate surface area is 165 Å². The van der Waals surface area contributed by atoms with Crippen molar-refractivity contribution in [2.45, 2.75) is 25.2 Å². The van der Waals surface area contributed by atoms with Crippen LogP contribution in [-0.4, -0.2) is 31.8 Å². The Kier molecular flexibility index (Phi) is 5.70. The topological polar surface area (TPSA) is 65.4 Å². The van der Waals surface area contributed by atoms with Crippen molar-refractivity contribution in [1.29, 1.82) is 0 Å². The van der Waals surface area contributed by atoms with E-state index in [0.717, 1.165) is 28.1 Å². The standard InChI is InChI=1S/C22H23NO4S/c1-4-27-21(24)14-17-12-13-23(18-8-6-5-7-9-18)22(17)20-15-19(28(3,25)26)11-10-16(20)2/h5-13,15H,4,14H2,1-3H3. The molecule has 0 saturated heterocycles. The summed E-state index contributed by atoms with van der Waals surface area (Å²) in [5.74, 6) is -0.313. The molecule has 6 heteroatoms. The van der Waals surface area contributed by atoms with Gasteiger partial charge in [0.25, 0.3) is 0 Å². The van der Waals surface area contributed by atoms with Gasteiger partial charge in [-0.2, -0.15) is 0 Å². The van der Waals surface area contributed by atoms with Gasteiger partial charge in [-0.15, -0.1) is 0 Å². The molecule has 0 spiro atoms. The third kappa shape index (κ3) is 4.17. The minimum Gasteiger partial charge on any atom is -0.466 e. The molecule has 0 fully saturated rings. The molecule has 0 bridgehead atoms. The predicted molar refractivity (Wildman–Crippen MR) is 109 cm³/mol. The lowest BCUT2D eigenvalue weighted by Crippen LogP contribution is -2.09. The van der Waals surface area contributed by atoms with Crippen molar-refractivity contribution in [3.8, 4) is 16.9 Å². The van der Waals surface area contributed by atoms with Crippen LogP contribution < -0.4 is 0 Å². The third-order valence-corrected chi connectivity index (χ3v) is 5.65. The summed E-state index contributed by atoms with van der Waals surface area (Å²) in [5, 5.41) is 0. The number of carbonyl (C=O) groups is 1. The number of carbonyl (C=O) groups excluding carboxylic acids is 1. The van der Waals surface area contributed by atoms with E-state index in [1.165, 1.54) is 6.26 Å². The average Bonchev–Trinajstić information content (AvgIpc) is 3.05. The number of hydrogen-bond donors (Lipinski definition) is 0. The lowest BCUT2D eigenvalue weighted by molar-refractivity contribution is -0.142. The van der Waals surface area contributed by atoms with Crippen LogP contribution in [0.25, 0.3) is 16.9 Å². The summed E-state index contributed by atoms with van der Waals surface area (Å²) in [6, 6.07) is 16.7. The van der Waals surface area contributed by atoms with E-state index in [4.69, 9.17) is 4.74 Å². The zero-order valence-electron chi connectivity index (χ0n) is 16.2. The monoisotopic (exact) mass is 397 g/mol. The molecule has 146 valence electrons. The summed E-state index contributed by atoms with van der Waals surface area (Å²) in [6.07, 6.45) is 3.20. The molecule has 0 atom stereocenters. The molecule has 0 amide bonds. The first-order chi connectivity index (χ1) is 13.3. The molecule has 0 N–H and O–H groups in total. The van der Waals surface area contributed by atoms with E-state index < -0.39 is 9.84 Å². The lowest BCUT2D eigenvalue weighted by atomic mass is 10.0. The molecule has 0 aliphatic rings. The van der Waals surface area contributed by atoms with Crippen LogP contribution in [0.3, 0.4) is 0 Å². The number of para-hydroxylation sites is 1. The van der Waals surface area contributed by atoms with E-state index in [2.05, 4.69) is 0 Å². The van der Waals surface area contributed by atoms with E-state index in [1.54, 1.807) is 25.1 Å². The number of aryl methyl sites for hydroxylation is 1. The van der Waals surface area contributed by atoms with Crippen LogP contribution in [0, 0.1) is 6.92 Å². The molecule has 2 aromatic carbocycles. The molecule has 0 unspecified atom stereocenters. The molecular formula is C22H23NO4S. The fourth-order valence-corrected chi connectivity index (χ4v) is 3.82. The predicted octanol–water partition coefficient (Wildman–Crippen LogP) is 3.96. The molecular weight excluding hydrogens is 374 g/mol. The van der Waals surface area contributed by atoms with Gasteiger partial charge in [0, 0.05) is 23.7 Å². The molecule has 1 aromatic heterocycles. The number of benzene rings is 2. The minimum atomic E-state index is -3.36. The maximum atomic E-state index is 12.1. The first-order valence-electron chi connectivity index (χ1n) is 9.03. The second-order valence-electron chi connectivity index (χ2n) is 6.63. The second-order valence-corrected chi connectivity index (χ2v) is 8.64. The Balaban J connectivity index is 2.23. The van der Waals surface area contributed by atoms with Crippen LogP contribution in [0.5, 0.6) is 0 Å². The second kappa shape index (κ2) is 8.02. The number of esters is 1. The number of rotatable bonds is 6. The molecule has 0 saturated carbocycles. The lowest BCUT2D eigenvalue weighted by Gasteiger charge is -2.15. The molecule has 28 heavy (non-hydrogen) atoms. The molecule has 3 rings (SSSR count). The van der Waals surface area contributed by atoms with Crippen molar-refractivity contribution in [3.05, 3.63) is 71.9 Å². The quantitative estimate of drug-likeness (QED) is 0.591. The number of sulfone groups is 1. The first-order valence-corrected chi connectivity index (χ1v) is 10.9. The van der Waals surface area contributed by atoms with Crippen molar-refractivity contribution in [2.75, 3.05) is 12.9 Å². The van der Waals surface area contributed by atoms with Crippen molar-refractivity contribution in [2.24, 2.45) is 0 Å². The Hall–Kier alpha value is -2.86. The zero-order valence-corrected chi connectivity index (χ0v) is 17.0. The Bertz CT molecular complexity index is 1100. The Morgan fingerprint density at radius 2 is 1.79 bits per heavy atom. The van der Waals surface area contributed by atoms with Crippen LogP contribution >= 0.6 is 0 Å². The fraction of sp³-hybridized carbons (Fsp3) is 0.227. The SMILES string of the molecule is CCOC(=O)Cc1ccn(-c2ccccc2)c1-c1cc(S(C)(=O)=O)ccc1C. The summed E-state index contributed by atoms with van der Waals surface area (Å²) in [5.41, 5.74) is 4.21. The van der Waals surface area contributed by atoms with E-state index in [9.17, 15) is 13.2 Å². The van der Waals surface area contributed by atoms with Gasteiger partial charge < -0.3 is 9.30 Å². The summed E-state index contributed by atoms with van der Waals surface area (Å²) < 4.78 is 31.3. The maximum absolute atomic E-state index is 12.1. The van der Waals surface area contributed by atoms with Crippen molar-refractivity contribution >= 4 is 15.8 Å². The molecule has 0 radical (unpaired) electrons. The molecule has 0 aliphatic heterocycles. The summed E-state index contributed by atoms with van der Waals surface area (Å²) in [6.45, 7) is 4.02. The van der Waals surface area contributed by atoms with Crippen LogP contribution in [-0.2, 0) is 25.8 Å². The number of nitrogens with zero attached hydrogens (tertiary/aromatic N) is 1. The van der Waals surface area contributed by atoms with Crippen molar-refractivity contribution in [1.82, 2.24) is 4.57 Å². The highest BCUT2D eigenvalue weighted by molar-refractivity contribution is 7.90. The van der Waals surface area contributed by atoms with Crippen LogP contribution in [0.1, 0.15) is 18.1 Å². The van der Waals surface area contributed by atoms with Crippen molar-refractivity contribution in [3.63, 3.8) is 0 Å². The Morgan fingerprint density at radius 3 is 2.43 bits per heavy atom. The number of ether oxygens (including phenoxy) is 1. The van der Waals surface area contributed by atoms with E-state index >= 15 is 0 Å². The zero-order chi connectivity index (χ0) is 20.3. The van der Waals surface area contributed by atoms with Gasteiger partial charge in [-0.25, -0.2) is 8.42 Å². The molecule has 5 nitrogen and oxygen atoms in total. The van der Waals surface area contributed by atoms with E-state index in [1.807, 2.05) is 54.1 Å². The van der Waals surface area contributed by atoms with E-state index in [-0.39, 0.29) is 17.3 Å². The van der Waals surface area contributed by atoms with Gasteiger partial charge in [0.15, 0.2) is 9.84 Å². The smallest absolute Gasteiger partial charge is 0.310 e. The van der Waals surface area contributed by atoms with Crippen LogP contribution in [0.4, 0.5) is 0 Å². The summed E-state index contributed by atoms with van der Waals surface area (Å²) in [7, 11) is -3.36. The van der Waals surface area contributed by atoms with Gasteiger partial charge in [0.1, 0.15) is 0 Å². The van der Waals surface area contributed by atoms with Gasteiger partial charge in [0.2, 0.25) is 0 Å². The highest BCUT2D eigenvalue weighted by atomic mass is 32.2.